The van der Waals surface area contributed by atoms with Crippen molar-refractivity contribution in [3.63, 3.8) is 0 Å². The summed E-state index contributed by atoms with van der Waals surface area (Å²) in [6, 6.07) is 2.25. The molecule has 0 bridgehead atoms. The van der Waals surface area contributed by atoms with E-state index in [4.69, 9.17) is 0 Å². The van der Waals surface area contributed by atoms with Crippen LogP contribution in [0.2, 0.25) is 0 Å². The first-order valence-corrected chi connectivity index (χ1v) is 9.35. The Morgan fingerprint density at radius 3 is 2.69 bits per heavy atom. The minimum atomic E-state index is 0. The topological polar surface area (TPSA) is 60.7 Å². The van der Waals surface area contributed by atoms with Gasteiger partial charge in [-0.15, -0.1) is 24.0 Å². The average Bonchev–Trinajstić information content (AvgIpc) is 3.22. The molecule has 2 aliphatic rings. The number of nitrogens with zero attached hydrogens (tertiary/aromatic N) is 5. The zero-order valence-electron chi connectivity index (χ0n) is 16.6. The zero-order valence-corrected chi connectivity index (χ0v) is 19.0. The molecule has 3 rings (SSSR count). The number of hydrogen-bond acceptors (Lipinski definition) is 4. The normalized spacial score (nSPS) is 25.2. The van der Waals surface area contributed by atoms with Gasteiger partial charge in [-0.3, -0.25) is 14.6 Å². The zero-order chi connectivity index (χ0) is 18.0. The number of guanidine groups is 1. The van der Waals surface area contributed by atoms with Crippen LogP contribution in [0.1, 0.15) is 37.8 Å². The molecule has 2 N–H and O–H groups in total. The lowest BCUT2D eigenvalue weighted by Crippen LogP contribution is -2.46. The molecule has 0 radical (unpaired) electrons. The molecular weight excluding hydrogens is 441 g/mol. The number of halogens is 1. The van der Waals surface area contributed by atoms with Crippen molar-refractivity contribution in [2.24, 2.45) is 12.0 Å². The van der Waals surface area contributed by atoms with Gasteiger partial charge >= 0.3 is 0 Å². The fourth-order valence-electron chi connectivity index (χ4n) is 3.87. The lowest BCUT2D eigenvalue weighted by Gasteiger charge is -2.25. The smallest absolute Gasteiger partial charge is 0.191 e. The van der Waals surface area contributed by atoms with Crippen LogP contribution in [0.4, 0.5) is 0 Å². The van der Waals surface area contributed by atoms with Gasteiger partial charge in [0, 0.05) is 57.1 Å². The van der Waals surface area contributed by atoms with Crippen LogP contribution in [-0.4, -0.2) is 77.9 Å². The predicted molar refractivity (Wildman–Crippen MR) is 117 cm³/mol. The molecule has 148 valence electrons. The molecule has 1 aliphatic heterocycles. The number of hydrogen-bond donors (Lipinski definition) is 2. The molecule has 26 heavy (non-hydrogen) atoms. The number of aromatic nitrogens is 2. The quantitative estimate of drug-likeness (QED) is 0.371. The van der Waals surface area contributed by atoms with Crippen molar-refractivity contribution in [3.8, 4) is 0 Å². The van der Waals surface area contributed by atoms with Gasteiger partial charge in [-0.1, -0.05) is 0 Å². The van der Waals surface area contributed by atoms with E-state index >= 15 is 0 Å². The van der Waals surface area contributed by atoms with Gasteiger partial charge in [-0.2, -0.15) is 5.10 Å². The molecule has 0 amide bonds. The van der Waals surface area contributed by atoms with Crippen LogP contribution in [0.15, 0.2) is 17.4 Å². The van der Waals surface area contributed by atoms with Crippen LogP contribution in [0, 0.1) is 0 Å². The molecule has 1 saturated carbocycles. The van der Waals surface area contributed by atoms with E-state index in [-0.39, 0.29) is 30.0 Å². The lowest BCUT2D eigenvalue weighted by molar-refractivity contribution is 0.256. The summed E-state index contributed by atoms with van der Waals surface area (Å²) in [5.74, 6) is 0.894. The lowest BCUT2D eigenvalue weighted by atomic mass is 10.1. The van der Waals surface area contributed by atoms with Crippen LogP contribution in [0.5, 0.6) is 0 Å². The molecule has 1 aliphatic carbocycles. The van der Waals surface area contributed by atoms with E-state index < -0.39 is 0 Å². The van der Waals surface area contributed by atoms with Crippen LogP contribution in [0.25, 0.3) is 0 Å². The molecular formula is C18H34IN7. The first-order valence-electron chi connectivity index (χ1n) is 9.35. The molecule has 8 heteroatoms. The largest absolute Gasteiger partial charge is 0.354 e. The van der Waals surface area contributed by atoms with E-state index in [0.29, 0.717) is 12.1 Å². The molecule has 3 atom stereocenters. The van der Waals surface area contributed by atoms with Gasteiger partial charge in [0.15, 0.2) is 5.96 Å². The number of likely N-dealkylation sites (N-methyl/N-ethyl adjacent to an activating group) is 1. The van der Waals surface area contributed by atoms with Crippen LogP contribution in [0.3, 0.4) is 0 Å². The number of rotatable bonds is 6. The first-order chi connectivity index (χ1) is 12.0. The van der Waals surface area contributed by atoms with E-state index in [1.165, 1.54) is 24.8 Å². The van der Waals surface area contributed by atoms with Crippen molar-refractivity contribution in [2.75, 3.05) is 34.2 Å². The summed E-state index contributed by atoms with van der Waals surface area (Å²) in [5, 5.41) is 11.4. The van der Waals surface area contributed by atoms with Crippen molar-refractivity contribution in [3.05, 3.63) is 18.0 Å². The standard InChI is InChI=1S/C18H33N7.HI/c1-13-8-15(12-25(13)16-6-7-16)22-18(19-2)20-10-17(23(3)4)14-9-21-24(5)11-14;/h9,11,13,15-17H,6-8,10,12H2,1-5H3,(H2,19,20,22);1H. The van der Waals surface area contributed by atoms with Crippen molar-refractivity contribution in [1.29, 1.82) is 0 Å². The summed E-state index contributed by atoms with van der Waals surface area (Å²) in [4.78, 5) is 9.30. The Balaban J connectivity index is 0.00000243. The molecule has 1 aromatic rings. The van der Waals surface area contributed by atoms with E-state index in [1.54, 1.807) is 0 Å². The fraction of sp³-hybridized carbons (Fsp3) is 0.778. The summed E-state index contributed by atoms with van der Waals surface area (Å²) in [6.07, 6.45) is 7.96. The molecule has 7 nitrogen and oxygen atoms in total. The second-order valence-electron chi connectivity index (χ2n) is 7.73. The highest BCUT2D eigenvalue weighted by atomic mass is 127. The highest BCUT2D eigenvalue weighted by Crippen LogP contribution is 2.33. The maximum absolute atomic E-state index is 4.43. The third-order valence-corrected chi connectivity index (χ3v) is 5.40. The highest BCUT2D eigenvalue weighted by molar-refractivity contribution is 14.0. The summed E-state index contributed by atoms with van der Waals surface area (Å²) >= 11 is 0. The molecule has 2 heterocycles. The Kier molecular flexibility index (Phi) is 7.72. The summed E-state index contributed by atoms with van der Waals surface area (Å²) in [5.41, 5.74) is 1.21. The maximum atomic E-state index is 4.43. The molecule has 0 spiro atoms. The van der Waals surface area contributed by atoms with Gasteiger partial charge in [-0.25, -0.2) is 0 Å². The molecule has 3 unspecified atom stereocenters. The van der Waals surface area contributed by atoms with E-state index in [9.17, 15) is 0 Å². The second-order valence-corrected chi connectivity index (χ2v) is 7.73. The Hall–Kier alpha value is -0.870. The summed E-state index contributed by atoms with van der Waals surface area (Å²) in [6.45, 7) is 4.28. The van der Waals surface area contributed by atoms with Gasteiger partial charge in [-0.05, 0) is 40.3 Å². The minimum absolute atomic E-state index is 0. The van der Waals surface area contributed by atoms with Crippen molar-refractivity contribution >= 4 is 29.9 Å². The molecule has 2 fully saturated rings. The Morgan fingerprint density at radius 1 is 1.42 bits per heavy atom. The number of likely N-dealkylation sites (tertiary alicyclic amines) is 1. The van der Waals surface area contributed by atoms with Gasteiger partial charge in [0.25, 0.3) is 0 Å². The molecule has 1 saturated heterocycles. The van der Waals surface area contributed by atoms with Crippen molar-refractivity contribution < 1.29 is 0 Å². The van der Waals surface area contributed by atoms with Crippen molar-refractivity contribution in [2.45, 2.75) is 50.4 Å². The third kappa shape index (κ3) is 5.32. The van der Waals surface area contributed by atoms with Crippen LogP contribution >= 0.6 is 24.0 Å². The SMILES string of the molecule is CN=C(NCC(c1cnn(C)c1)N(C)C)NC1CC(C)N(C2CC2)C1.I. The highest BCUT2D eigenvalue weighted by Gasteiger charge is 2.38. The van der Waals surface area contributed by atoms with E-state index in [0.717, 1.165) is 25.1 Å². The van der Waals surface area contributed by atoms with Gasteiger partial charge in [0.05, 0.1) is 12.2 Å². The van der Waals surface area contributed by atoms with Gasteiger partial charge < -0.3 is 15.5 Å². The molecule has 1 aromatic heterocycles. The van der Waals surface area contributed by atoms with E-state index in [1.807, 2.05) is 25.0 Å². The Labute approximate surface area is 174 Å². The van der Waals surface area contributed by atoms with Crippen LogP contribution in [-0.2, 0) is 7.05 Å². The summed E-state index contributed by atoms with van der Waals surface area (Å²) in [7, 11) is 8.00. The van der Waals surface area contributed by atoms with Crippen LogP contribution < -0.4 is 10.6 Å². The van der Waals surface area contributed by atoms with Gasteiger partial charge in [0.2, 0.25) is 0 Å². The first kappa shape index (κ1) is 21.4. The monoisotopic (exact) mass is 475 g/mol. The van der Waals surface area contributed by atoms with Crippen molar-refractivity contribution in [1.82, 2.24) is 30.2 Å². The second kappa shape index (κ2) is 9.36. The Bertz CT molecular complexity index is 596. The summed E-state index contributed by atoms with van der Waals surface area (Å²) < 4.78 is 1.85. The number of aliphatic imine (C=N–C) groups is 1. The third-order valence-electron chi connectivity index (χ3n) is 5.40. The Morgan fingerprint density at radius 2 is 2.15 bits per heavy atom. The number of aryl methyl sites for hydroxylation is 1. The average molecular weight is 475 g/mol. The predicted octanol–water partition coefficient (Wildman–Crippen LogP) is 1.43. The number of nitrogens with one attached hydrogen (secondary N) is 2. The van der Waals surface area contributed by atoms with Gasteiger partial charge in [0.1, 0.15) is 0 Å². The molecule has 0 aromatic carbocycles. The maximum Gasteiger partial charge on any atom is 0.191 e. The minimum Gasteiger partial charge on any atom is -0.354 e. The van der Waals surface area contributed by atoms with E-state index in [2.05, 4.69) is 57.7 Å². The fourth-order valence-corrected chi connectivity index (χ4v) is 3.87.